The third-order valence-corrected chi connectivity index (χ3v) is 5.32. The average molecular weight is 303 g/mol. The summed E-state index contributed by atoms with van der Waals surface area (Å²) in [5.41, 5.74) is 6.90. The monoisotopic (exact) mass is 303 g/mol. The van der Waals surface area contributed by atoms with Crippen molar-refractivity contribution < 1.29 is 9.90 Å². The molecule has 4 N–H and O–H groups in total. The molecule has 0 bridgehead atoms. The molecule has 1 amide bonds. The van der Waals surface area contributed by atoms with E-state index in [1.54, 1.807) is 0 Å². The molecule has 2 heterocycles. The van der Waals surface area contributed by atoms with Crippen molar-refractivity contribution in [3.8, 4) is 0 Å². The topological polar surface area (TPSA) is 104 Å². The minimum atomic E-state index is -0.819. The smallest absolute Gasteiger partial charge is 0.407 e. The predicted molar refractivity (Wildman–Crippen MR) is 81.6 cm³/mol. The van der Waals surface area contributed by atoms with Gasteiger partial charge < -0.3 is 21.1 Å². The zero-order valence-electron chi connectivity index (χ0n) is 12.4. The summed E-state index contributed by atoms with van der Waals surface area (Å²) in [6.07, 6.45) is 4.06. The fourth-order valence-electron chi connectivity index (χ4n) is 4.06. The van der Waals surface area contributed by atoms with E-state index in [1.807, 2.05) is 6.07 Å². The molecular weight excluding hydrogens is 282 g/mol. The van der Waals surface area contributed by atoms with Gasteiger partial charge in [-0.1, -0.05) is 12.8 Å². The molecule has 1 aromatic rings. The van der Waals surface area contributed by atoms with Crippen LogP contribution in [0.3, 0.4) is 0 Å². The second kappa shape index (κ2) is 5.00. The van der Waals surface area contributed by atoms with Crippen molar-refractivity contribution in [3.63, 3.8) is 0 Å². The van der Waals surface area contributed by atoms with Crippen LogP contribution in [0.4, 0.5) is 16.6 Å². The lowest BCUT2D eigenvalue weighted by Gasteiger charge is -2.17. The van der Waals surface area contributed by atoms with Gasteiger partial charge in [0.15, 0.2) is 0 Å². The van der Waals surface area contributed by atoms with Gasteiger partial charge in [-0.2, -0.15) is 4.98 Å². The van der Waals surface area contributed by atoms with Crippen LogP contribution in [0.2, 0.25) is 0 Å². The predicted octanol–water partition coefficient (Wildman–Crippen LogP) is 1.74. The molecule has 2 aliphatic carbocycles. The zero-order valence-corrected chi connectivity index (χ0v) is 12.4. The highest BCUT2D eigenvalue weighted by Crippen LogP contribution is 2.47. The highest BCUT2D eigenvalue weighted by Gasteiger charge is 2.57. The lowest BCUT2D eigenvalue weighted by molar-refractivity contribution is 0.150. The van der Waals surface area contributed by atoms with Gasteiger partial charge in [0.05, 0.1) is 5.69 Å². The fourth-order valence-corrected chi connectivity index (χ4v) is 4.06. The molecule has 1 aliphatic heterocycles. The van der Waals surface area contributed by atoms with Crippen LogP contribution in [0.1, 0.15) is 37.3 Å². The van der Waals surface area contributed by atoms with E-state index in [4.69, 9.17) is 10.8 Å². The van der Waals surface area contributed by atoms with Crippen molar-refractivity contribution in [1.82, 2.24) is 14.9 Å². The molecule has 2 unspecified atom stereocenters. The van der Waals surface area contributed by atoms with Crippen molar-refractivity contribution in [3.05, 3.63) is 11.8 Å². The highest BCUT2D eigenvalue weighted by atomic mass is 16.4. The first kappa shape index (κ1) is 13.6. The molecule has 0 aromatic carbocycles. The molecule has 0 spiro atoms. The summed E-state index contributed by atoms with van der Waals surface area (Å²) in [5.74, 6) is 2.43. The van der Waals surface area contributed by atoms with E-state index in [2.05, 4.69) is 15.3 Å². The Morgan fingerprint density at radius 2 is 1.95 bits per heavy atom. The molecule has 4 rings (SSSR count). The Bertz CT molecular complexity index is 590. The van der Waals surface area contributed by atoms with Gasteiger partial charge in [-0.25, -0.2) is 9.78 Å². The third-order valence-electron chi connectivity index (χ3n) is 5.32. The molecule has 0 radical (unpaired) electrons. The van der Waals surface area contributed by atoms with E-state index in [0.29, 0.717) is 42.8 Å². The second-order valence-corrected chi connectivity index (χ2v) is 6.70. The van der Waals surface area contributed by atoms with Crippen molar-refractivity contribution in [1.29, 1.82) is 0 Å². The molecule has 7 heteroatoms. The van der Waals surface area contributed by atoms with Crippen molar-refractivity contribution in [2.24, 2.45) is 11.8 Å². The molecule has 1 saturated heterocycles. The number of nitrogen functional groups attached to an aromatic ring is 1. The van der Waals surface area contributed by atoms with E-state index < -0.39 is 6.09 Å². The standard InChI is InChI=1S/C15H21N5O2/c16-14-17-11(8-3-1-2-4-8)5-12(19-14)18-13-9-6-20(15(21)22)7-10(9)13/h5,8-10,13H,1-4,6-7H2,(H,21,22)(H3,16,17,18,19). The Morgan fingerprint density at radius 3 is 2.59 bits per heavy atom. The summed E-state index contributed by atoms with van der Waals surface area (Å²) >= 11 is 0. The Labute approximate surface area is 128 Å². The summed E-state index contributed by atoms with van der Waals surface area (Å²) in [7, 11) is 0. The number of hydrogen-bond donors (Lipinski definition) is 3. The van der Waals surface area contributed by atoms with E-state index in [0.717, 1.165) is 11.5 Å². The normalized spacial score (nSPS) is 30.4. The van der Waals surface area contributed by atoms with E-state index in [-0.39, 0.29) is 0 Å². The summed E-state index contributed by atoms with van der Waals surface area (Å²) in [5, 5.41) is 12.4. The van der Waals surface area contributed by atoms with Gasteiger partial charge in [0, 0.05) is 43.0 Å². The van der Waals surface area contributed by atoms with Gasteiger partial charge in [-0.05, 0) is 12.8 Å². The maximum Gasteiger partial charge on any atom is 0.407 e. The minimum absolute atomic E-state index is 0.321. The molecule has 118 valence electrons. The summed E-state index contributed by atoms with van der Waals surface area (Å²) < 4.78 is 0. The number of amides is 1. The summed E-state index contributed by atoms with van der Waals surface area (Å²) in [4.78, 5) is 21.1. The maximum atomic E-state index is 10.9. The van der Waals surface area contributed by atoms with Gasteiger partial charge >= 0.3 is 6.09 Å². The molecule has 22 heavy (non-hydrogen) atoms. The number of nitrogens with two attached hydrogens (primary N) is 1. The van der Waals surface area contributed by atoms with Crippen LogP contribution in [-0.2, 0) is 0 Å². The number of nitrogens with one attached hydrogen (secondary N) is 1. The van der Waals surface area contributed by atoms with Crippen molar-refractivity contribution >= 4 is 17.9 Å². The van der Waals surface area contributed by atoms with Gasteiger partial charge in [-0.3, -0.25) is 0 Å². The van der Waals surface area contributed by atoms with Crippen molar-refractivity contribution in [2.75, 3.05) is 24.1 Å². The lowest BCUT2D eigenvalue weighted by atomic mass is 10.0. The van der Waals surface area contributed by atoms with Crippen LogP contribution in [0, 0.1) is 11.8 Å². The molecule has 7 nitrogen and oxygen atoms in total. The van der Waals surface area contributed by atoms with E-state index in [9.17, 15) is 4.79 Å². The number of piperidine rings is 1. The van der Waals surface area contributed by atoms with E-state index in [1.165, 1.54) is 30.6 Å². The Balaban J connectivity index is 1.43. The molecule has 3 fully saturated rings. The lowest BCUT2D eigenvalue weighted by Crippen LogP contribution is -2.32. The number of fused-ring (bicyclic) bond motifs is 1. The number of carboxylic acid groups (broad SMARTS) is 1. The quantitative estimate of drug-likeness (QED) is 0.785. The largest absolute Gasteiger partial charge is 0.465 e. The SMILES string of the molecule is Nc1nc(NC2C3CN(C(=O)O)CC32)cc(C2CCCC2)n1. The van der Waals surface area contributed by atoms with Gasteiger partial charge in [0.25, 0.3) is 0 Å². The number of nitrogens with zero attached hydrogens (tertiary/aromatic N) is 3. The Hall–Kier alpha value is -2.05. The first-order valence-corrected chi connectivity index (χ1v) is 8.00. The zero-order chi connectivity index (χ0) is 15.3. The molecular formula is C15H21N5O2. The van der Waals surface area contributed by atoms with Crippen LogP contribution in [-0.4, -0.2) is 45.2 Å². The van der Waals surface area contributed by atoms with Crippen LogP contribution in [0.5, 0.6) is 0 Å². The van der Waals surface area contributed by atoms with Gasteiger partial charge in [-0.15, -0.1) is 0 Å². The fraction of sp³-hybridized carbons (Fsp3) is 0.667. The van der Waals surface area contributed by atoms with Crippen LogP contribution >= 0.6 is 0 Å². The molecule has 2 saturated carbocycles. The van der Waals surface area contributed by atoms with E-state index >= 15 is 0 Å². The summed E-state index contributed by atoms with van der Waals surface area (Å²) in [6.45, 7) is 1.24. The first-order chi connectivity index (χ1) is 10.6. The molecule has 2 atom stereocenters. The van der Waals surface area contributed by atoms with Crippen LogP contribution in [0.15, 0.2) is 6.07 Å². The second-order valence-electron chi connectivity index (χ2n) is 6.70. The maximum absolute atomic E-state index is 10.9. The average Bonchev–Trinajstić information content (AvgIpc) is 2.96. The van der Waals surface area contributed by atoms with Gasteiger partial charge in [0.1, 0.15) is 5.82 Å². The molecule has 1 aromatic heterocycles. The Kier molecular flexibility index (Phi) is 3.09. The third kappa shape index (κ3) is 2.34. The van der Waals surface area contributed by atoms with Crippen molar-refractivity contribution in [2.45, 2.75) is 37.6 Å². The number of carbonyl (C=O) groups is 1. The highest BCUT2D eigenvalue weighted by molar-refractivity contribution is 5.66. The minimum Gasteiger partial charge on any atom is -0.465 e. The first-order valence-electron chi connectivity index (χ1n) is 8.00. The number of hydrogen-bond acceptors (Lipinski definition) is 5. The molecule has 3 aliphatic rings. The number of rotatable bonds is 3. The van der Waals surface area contributed by atoms with Crippen LogP contribution in [0.25, 0.3) is 0 Å². The number of likely N-dealkylation sites (tertiary alicyclic amines) is 1. The Morgan fingerprint density at radius 1 is 1.27 bits per heavy atom. The summed E-state index contributed by atoms with van der Waals surface area (Å²) in [6, 6.07) is 2.34. The number of aromatic nitrogens is 2. The van der Waals surface area contributed by atoms with Gasteiger partial charge in [0.2, 0.25) is 5.95 Å². The van der Waals surface area contributed by atoms with Crippen LogP contribution < -0.4 is 11.1 Å². The number of anilines is 2.